The van der Waals surface area contributed by atoms with Gasteiger partial charge in [-0.1, -0.05) is 18.5 Å². The second kappa shape index (κ2) is 5.51. The number of carbonyl (C=O) groups excluding carboxylic acids is 1. The average molecular weight is 347 g/mol. The Morgan fingerprint density at radius 2 is 2.11 bits per heavy atom. The normalized spacial score (nSPS) is 22.6. The number of carbonyl (C=O) groups is 2. The summed E-state index contributed by atoms with van der Waals surface area (Å²) in [5.74, 6) is -1.58. The third-order valence-corrected chi connectivity index (χ3v) is 4.30. The fraction of sp³-hybridized carbons (Fsp3) is 0.385. The van der Waals surface area contributed by atoms with E-state index in [0.717, 1.165) is 0 Å². The number of amides is 1. The zero-order chi connectivity index (χ0) is 14.2. The molecule has 0 aromatic heterocycles. The van der Waals surface area contributed by atoms with Crippen molar-refractivity contribution in [3.05, 3.63) is 33.3 Å². The van der Waals surface area contributed by atoms with E-state index in [-0.39, 0.29) is 18.4 Å². The first-order valence-corrected chi connectivity index (χ1v) is 7.04. The molecule has 2 unspecified atom stereocenters. The third-order valence-electron chi connectivity index (χ3n) is 3.38. The number of halogens is 2. The quantitative estimate of drug-likeness (QED) is 0.896. The van der Waals surface area contributed by atoms with Crippen molar-refractivity contribution < 1.29 is 14.7 Å². The van der Waals surface area contributed by atoms with E-state index in [9.17, 15) is 9.59 Å². The van der Waals surface area contributed by atoms with E-state index in [4.69, 9.17) is 16.7 Å². The zero-order valence-corrected chi connectivity index (χ0v) is 12.6. The molecule has 6 heteroatoms. The molecule has 102 valence electrons. The van der Waals surface area contributed by atoms with Gasteiger partial charge in [-0.15, -0.1) is 0 Å². The number of benzene rings is 1. The molecule has 1 aromatic carbocycles. The van der Waals surface area contributed by atoms with E-state index in [1.165, 1.54) is 0 Å². The topological polar surface area (TPSA) is 57.6 Å². The Balaban J connectivity index is 2.22. The van der Waals surface area contributed by atoms with Crippen LogP contribution in [0.3, 0.4) is 0 Å². The lowest BCUT2D eigenvalue weighted by atomic mass is 9.99. The summed E-state index contributed by atoms with van der Waals surface area (Å²) in [5, 5.41) is 9.56. The standard InChI is InChI=1S/C13H13BrClNO3/c1-7-5-16(6-10(7)13(18)19)12(17)9-4-8(15)2-3-11(9)14/h2-4,7,10H,5-6H2,1H3,(H,18,19). The summed E-state index contributed by atoms with van der Waals surface area (Å²) in [4.78, 5) is 25.0. The van der Waals surface area contributed by atoms with Crippen molar-refractivity contribution in [3.8, 4) is 0 Å². The van der Waals surface area contributed by atoms with Gasteiger partial charge >= 0.3 is 5.97 Å². The largest absolute Gasteiger partial charge is 0.481 e. The van der Waals surface area contributed by atoms with E-state index in [1.807, 2.05) is 6.92 Å². The summed E-state index contributed by atoms with van der Waals surface area (Å²) in [7, 11) is 0. The first kappa shape index (κ1) is 14.3. The Labute approximate surface area is 124 Å². The van der Waals surface area contributed by atoms with Gasteiger partial charge in [0.25, 0.3) is 5.91 Å². The van der Waals surface area contributed by atoms with E-state index < -0.39 is 11.9 Å². The molecule has 2 rings (SSSR count). The predicted molar refractivity (Wildman–Crippen MR) is 75.3 cm³/mol. The highest BCUT2D eigenvalue weighted by atomic mass is 79.9. The lowest BCUT2D eigenvalue weighted by molar-refractivity contribution is -0.142. The van der Waals surface area contributed by atoms with Gasteiger partial charge in [0.1, 0.15) is 0 Å². The monoisotopic (exact) mass is 345 g/mol. The van der Waals surface area contributed by atoms with Crippen LogP contribution in [0.4, 0.5) is 0 Å². The number of carboxylic acids is 1. The van der Waals surface area contributed by atoms with Gasteiger partial charge in [-0.2, -0.15) is 0 Å². The van der Waals surface area contributed by atoms with Gasteiger partial charge in [0, 0.05) is 22.6 Å². The van der Waals surface area contributed by atoms with E-state index in [1.54, 1.807) is 23.1 Å². The minimum Gasteiger partial charge on any atom is -0.481 e. The zero-order valence-electron chi connectivity index (χ0n) is 10.3. The average Bonchev–Trinajstić information content (AvgIpc) is 2.74. The van der Waals surface area contributed by atoms with Crippen molar-refractivity contribution in [2.45, 2.75) is 6.92 Å². The maximum absolute atomic E-state index is 12.4. The minimum atomic E-state index is -0.854. The van der Waals surface area contributed by atoms with Crippen molar-refractivity contribution >= 4 is 39.4 Å². The van der Waals surface area contributed by atoms with E-state index >= 15 is 0 Å². The first-order valence-electron chi connectivity index (χ1n) is 5.87. The molecular weight excluding hydrogens is 334 g/mol. The highest BCUT2D eigenvalue weighted by molar-refractivity contribution is 9.10. The van der Waals surface area contributed by atoms with Crippen LogP contribution in [0.25, 0.3) is 0 Å². The van der Waals surface area contributed by atoms with E-state index in [2.05, 4.69) is 15.9 Å². The van der Waals surface area contributed by atoms with E-state index in [0.29, 0.717) is 21.6 Å². The Hall–Kier alpha value is -1.07. The molecule has 0 saturated carbocycles. The fourth-order valence-electron chi connectivity index (χ4n) is 2.29. The predicted octanol–water partition coefficient (Wildman–Crippen LogP) is 2.90. The maximum Gasteiger partial charge on any atom is 0.308 e. The molecule has 1 amide bonds. The first-order chi connectivity index (χ1) is 8.90. The SMILES string of the molecule is CC1CN(C(=O)c2cc(Cl)ccc2Br)CC1C(=O)O. The van der Waals surface area contributed by atoms with Crippen LogP contribution in [-0.4, -0.2) is 35.0 Å². The van der Waals surface area contributed by atoms with Crippen LogP contribution in [0.5, 0.6) is 0 Å². The maximum atomic E-state index is 12.4. The summed E-state index contributed by atoms with van der Waals surface area (Å²) in [5.41, 5.74) is 0.464. The molecule has 1 fully saturated rings. The molecule has 4 nitrogen and oxygen atoms in total. The van der Waals surface area contributed by atoms with Gasteiger partial charge in [0.05, 0.1) is 11.5 Å². The summed E-state index contributed by atoms with van der Waals surface area (Å²) in [6.45, 7) is 2.54. The molecule has 19 heavy (non-hydrogen) atoms. The Morgan fingerprint density at radius 1 is 1.42 bits per heavy atom. The number of nitrogens with zero attached hydrogens (tertiary/aromatic N) is 1. The summed E-state index contributed by atoms with van der Waals surface area (Å²) in [6, 6.07) is 4.99. The van der Waals surface area contributed by atoms with Crippen molar-refractivity contribution in [1.82, 2.24) is 4.90 Å². The van der Waals surface area contributed by atoms with Gasteiger partial charge in [-0.3, -0.25) is 9.59 Å². The molecule has 1 aliphatic heterocycles. The highest BCUT2D eigenvalue weighted by Gasteiger charge is 2.37. The Kier molecular flexibility index (Phi) is 4.16. The van der Waals surface area contributed by atoms with Crippen molar-refractivity contribution in [3.63, 3.8) is 0 Å². The molecule has 1 heterocycles. The number of likely N-dealkylation sites (tertiary alicyclic amines) is 1. The van der Waals surface area contributed by atoms with Crippen molar-refractivity contribution in [2.75, 3.05) is 13.1 Å². The second-order valence-electron chi connectivity index (χ2n) is 4.76. The molecule has 1 aliphatic rings. The molecule has 2 atom stereocenters. The molecule has 0 radical (unpaired) electrons. The van der Waals surface area contributed by atoms with Gasteiger partial charge in [0.15, 0.2) is 0 Å². The van der Waals surface area contributed by atoms with Crippen molar-refractivity contribution in [2.24, 2.45) is 11.8 Å². The number of carboxylic acid groups (broad SMARTS) is 1. The smallest absolute Gasteiger partial charge is 0.308 e. The van der Waals surface area contributed by atoms with Crippen LogP contribution in [-0.2, 0) is 4.79 Å². The van der Waals surface area contributed by atoms with Gasteiger partial charge in [0.2, 0.25) is 0 Å². The third kappa shape index (κ3) is 2.92. The molecular formula is C13H13BrClNO3. The Morgan fingerprint density at radius 3 is 2.68 bits per heavy atom. The van der Waals surface area contributed by atoms with Crippen LogP contribution in [0.1, 0.15) is 17.3 Å². The summed E-state index contributed by atoms with van der Waals surface area (Å²) in [6.07, 6.45) is 0. The second-order valence-corrected chi connectivity index (χ2v) is 6.05. The summed E-state index contributed by atoms with van der Waals surface area (Å²) < 4.78 is 0.660. The van der Waals surface area contributed by atoms with Crippen LogP contribution >= 0.6 is 27.5 Å². The fourth-order valence-corrected chi connectivity index (χ4v) is 2.87. The molecule has 0 spiro atoms. The molecule has 1 aromatic rings. The minimum absolute atomic E-state index is 0.0422. The highest BCUT2D eigenvalue weighted by Crippen LogP contribution is 2.28. The Bertz CT molecular complexity index is 535. The number of hydrogen-bond donors (Lipinski definition) is 1. The van der Waals surface area contributed by atoms with Crippen LogP contribution in [0.2, 0.25) is 5.02 Å². The van der Waals surface area contributed by atoms with Gasteiger partial charge in [-0.25, -0.2) is 0 Å². The van der Waals surface area contributed by atoms with Crippen LogP contribution in [0.15, 0.2) is 22.7 Å². The van der Waals surface area contributed by atoms with Crippen molar-refractivity contribution in [1.29, 1.82) is 0 Å². The lowest BCUT2D eigenvalue weighted by Gasteiger charge is -2.17. The molecule has 0 aliphatic carbocycles. The number of aliphatic carboxylic acids is 1. The van der Waals surface area contributed by atoms with Crippen LogP contribution in [0, 0.1) is 11.8 Å². The molecule has 1 N–H and O–H groups in total. The van der Waals surface area contributed by atoms with Crippen LogP contribution < -0.4 is 0 Å². The van der Waals surface area contributed by atoms with Gasteiger partial charge in [-0.05, 0) is 40.0 Å². The summed E-state index contributed by atoms with van der Waals surface area (Å²) >= 11 is 9.20. The number of hydrogen-bond acceptors (Lipinski definition) is 2. The lowest BCUT2D eigenvalue weighted by Crippen LogP contribution is -2.30. The molecule has 1 saturated heterocycles. The van der Waals surface area contributed by atoms with Gasteiger partial charge < -0.3 is 10.0 Å². The molecule has 0 bridgehead atoms. The number of rotatable bonds is 2.